The van der Waals surface area contributed by atoms with Crippen molar-refractivity contribution in [3.63, 3.8) is 0 Å². The second-order valence-electron chi connectivity index (χ2n) is 4.35. The lowest BCUT2D eigenvalue weighted by atomic mass is 10.3. The molecule has 0 aliphatic carbocycles. The Bertz CT molecular complexity index is 689. The zero-order valence-corrected chi connectivity index (χ0v) is 12.7. The quantitative estimate of drug-likeness (QED) is 0.850. The van der Waals surface area contributed by atoms with Crippen LogP contribution in [-0.4, -0.2) is 18.4 Å². The number of ether oxygens (including phenoxy) is 1. The molecule has 0 aliphatic rings. The molecule has 2 aromatic rings. The molecule has 0 atom stereocenters. The number of rotatable bonds is 4. The summed E-state index contributed by atoms with van der Waals surface area (Å²) in [5.74, 6) is -1.06. The number of halogens is 1. The molecule has 0 bridgehead atoms. The van der Waals surface area contributed by atoms with Gasteiger partial charge in [0.05, 0.1) is 12.3 Å². The van der Waals surface area contributed by atoms with Gasteiger partial charge in [-0.1, -0.05) is 29.8 Å². The van der Waals surface area contributed by atoms with Crippen molar-refractivity contribution in [2.75, 3.05) is 17.2 Å². The van der Waals surface area contributed by atoms with E-state index in [0.29, 0.717) is 28.8 Å². The molecule has 0 fully saturated rings. The molecular weight excluding hydrogens is 304 g/mol. The van der Waals surface area contributed by atoms with Crippen molar-refractivity contribution < 1.29 is 14.3 Å². The molecule has 22 heavy (non-hydrogen) atoms. The van der Waals surface area contributed by atoms with E-state index in [1.54, 1.807) is 48.5 Å². The molecule has 2 aromatic carbocycles. The van der Waals surface area contributed by atoms with Crippen LogP contribution >= 0.6 is 11.6 Å². The van der Waals surface area contributed by atoms with E-state index in [9.17, 15) is 9.59 Å². The molecule has 114 valence electrons. The normalized spacial score (nSPS) is 9.91. The molecule has 5 nitrogen and oxygen atoms in total. The molecule has 2 N–H and O–H groups in total. The molecule has 0 unspecified atom stereocenters. The maximum atomic E-state index is 11.9. The Labute approximate surface area is 133 Å². The van der Waals surface area contributed by atoms with E-state index in [2.05, 4.69) is 10.6 Å². The van der Waals surface area contributed by atoms with Crippen LogP contribution in [0.4, 0.5) is 11.4 Å². The molecule has 0 saturated carbocycles. The van der Waals surface area contributed by atoms with Gasteiger partial charge in [0.2, 0.25) is 0 Å². The molecule has 2 rings (SSSR count). The number of carbonyl (C=O) groups is 2. The van der Waals surface area contributed by atoms with E-state index in [4.69, 9.17) is 16.3 Å². The maximum absolute atomic E-state index is 11.9. The number of carbonyl (C=O) groups excluding carboxylic acids is 2. The minimum absolute atomic E-state index is 0.440. The minimum atomic E-state index is -0.785. The van der Waals surface area contributed by atoms with E-state index < -0.39 is 11.8 Å². The summed E-state index contributed by atoms with van der Waals surface area (Å²) < 4.78 is 5.39. The lowest BCUT2D eigenvalue weighted by Crippen LogP contribution is -2.29. The van der Waals surface area contributed by atoms with Crippen LogP contribution in [0, 0.1) is 0 Å². The standard InChI is InChI=1S/C16H15ClN2O3/c1-2-22-14-9-4-3-8-13(14)19-16(21)15(20)18-12-7-5-6-11(17)10-12/h3-10H,2H2,1H3,(H,18,20)(H,19,21). The molecule has 0 aliphatic heterocycles. The molecule has 2 amide bonds. The highest BCUT2D eigenvalue weighted by Crippen LogP contribution is 2.23. The summed E-state index contributed by atoms with van der Waals surface area (Å²) in [7, 11) is 0. The van der Waals surface area contributed by atoms with Crippen LogP contribution in [0.5, 0.6) is 5.75 Å². The third-order valence-corrected chi connectivity index (χ3v) is 2.96. The van der Waals surface area contributed by atoms with Gasteiger partial charge in [-0.25, -0.2) is 0 Å². The van der Waals surface area contributed by atoms with Crippen LogP contribution in [0.25, 0.3) is 0 Å². The van der Waals surface area contributed by atoms with Crippen LogP contribution in [0.15, 0.2) is 48.5 Å². The van der Waals surface area contributed by atoms with Crippen molar-refractivity contribution >= 4 is 34.8 Å². The van der Waals surface area contributed by atoms with Crippen molar-refractivity contribution in [3.8, 4) is 5.75 Å². The largest absolute Gasteiger partial charge is 0.492 e. The van der Waals surface area contributed by atoms with Crippen molar-refractivity contribution in [1.29, 1.82) is 0 Å². The Hall–Kier alpha value is -2.53. The highest BCUT2D eigenvalue weighted by Gasteiger charge is 2.16. The summed E-state index contributed by atoms with van der Waals surface area (Å²) >= 11 is 5.82. The number of benzene rings is 2. The summed E-state index contributed by atoms with van der Waals surface area (Å²) in [5, 5.41) is 5.47. The van der Waals surface area contributed by atoms with Crippen molar-refractivity contribution in [1.82, 2.24) is 0 Å². The van der Waals surface area contributed by atoms with Gasteiger partial charge in [0.1, 0.15) is 5.75 Å². The topological polar surface area (TPSA) is 67.4 Å². The summed E-state index contributed by atoms with van der Waals surface area (Å²) in [5.41, 5.74) is 0.890. The van der Waals surface area contributed by atoms with E-state index in [1.807, 2.05) is 6.92 Å². The Morgan fingerprint density at radius 2 is 1.77 bits per heavy atom. The summed E-state index contributed by atoms with van der Waals surface area (Å²) in [6.07, 6.45) is 0. The number of hydrogen-bond donors (Lipinski definition) is 2. The van der Waals surface area contributed by atoms with Gasteiger partial charge in [-0.2, -0.15) is 0 Å². The van der Waals surface area contributed by atoms with Crippen molar-refractivity contribution in [3.05, 3.63) is 53.6 Å². The van der Waals surface area contributed by atoms with Crippen LogP contribution in [0.1, 0.15) is 6.92 Å². The van der Waals surface area contributed by atoms with Gasteiger partial charge in [0, 0.05) is 10.7 Å². The highest BCUT2D eigenvalue weighted by atomic mass is 35.5. The van der Waals surface area contributed by atoms with E-state index in [-0.39, 0.29) is 0 Å². The lowest BCUT2D eigenvalue weighted by Gasteiger charge is -2.11. The third-order valence-electron chi connectivity index (χ3n) is 2.72. The van der Waals surface area contributed by atoms with Gasteiger partial charge in [-0.15, -0.1) is 0 Å². The van der Waals surface area contributed by atoms with Crippen molar-refractivity contribution in [2.24, 2.45) is 0 Å². The molecule has 0 heterocycles. The van der Waals surface area contributed by atoms with Crippen LogP contribution in [-0.2, 0) is 9.59 Å². The number of para-hydroxylation sites is 2. The van der Waals surface area contributed by atoms with Crippen molar-refractivity contribution in [2.45, 2.75) is 6.92 Å². The monoisotopic (exact) mass is 318 g/mol. The van der Waals surface area contributed by atoms with Gasteiger partial charge in [-0.05, 0) is 37.3 Å². The van der Waals surface area contributed by atoms with Crippen LogP contribution in [0.2, 0.25) is 5.02 Å². The smallest absolute Gasteiger partial charge is 0.314 e. The summed E-state index contributed by atoms with van der Waals surface area (Å²) in [4.78, 5) is 23.8. The van der Waals surface area contributed by atoms with Gasteiger partial charge in [0.15, 0.2) is 0 Å². The average Bonchev–Trinajstić information content (AvgIpc) is 2.49. The first-order chi connectivity index (χ1) is 10.6. The Kier molecular flexibility index (Phi) is 5.38. The molecule has 0 aromatic heterocycles. The van der Waals surface area contributed by atoms with Crippen LogP contribution < -0.4 is 15.4 Å². The summed E-state index contributed by atoms with van der Waals surface area (Å²) in [6.45, 7) is 2.30. The molecule has 0 saturated heterocycles. The average molecular weight is 319 g/mol. The fourth-order valence-corrected chi connectivity index (χ4v) is 1.97. The third kappa shape index (κ3) is 4.23. The van der Waals surface area contributed by atoms with E-state index in [1.165, 1.54) is 0 Å². The van der Waals surface area contributed by atoms with E-state index in [0.717, 1.165) is 0 Å². The first-order valence-corrected chi connectivity index (χ1v) is 7.07. The van der Waals surface area contributed by atoms with Gasteiger partial charge >= 0.3 is 11.8 Å². The Morgan fingerprint density at radius 1 is 1.05 bits per heavy atom. The van der Waals surface area contributed by atoms with Crippen LogP contribution in [0.3, 0.4) is 0 Å². The maximum Gasteiger partial charge on any atom is 0.314 e. The molecule has 0 radical (unpaired) electrons. The zero-order chi connectivity index (χ0) is 15.9. The van der Waals surface area contributed by atoms with Gasteiger partial charge in [0.25, 0.3) is 0 Å². The fraction of sp³-hybridized carbons (Fsp3) is 0.125. The molecular formula is C16H15ClN2O3. The summed E-state index contributed by atoms with van der Waals surface area (Å²) in [6, 6.07) is 13.5. The second-order valence-corrected chi connectivity index (χ2v) is 4.78. The Morgan fingerprint density at radius 3 is 2.50 bits per heavy atom. The first-order valence-electron chi connectivity index (χ1n) is 6.70. The molecule has 0 spiro atoms. The predicted molar refractivity (Wildman–Crippen MR) is 86.3 cm³/mol. The number of anilines is 2. The minimum Gasteiger partial charge on any atom is -0.492 e. The second kappa shape index (κ2) is 7.47. The first kappa shape index (κ1) is 15.9. The van der Waals surface area contributed by atoms with Gasteiger partial charge < -0.3 is 15.4 Å². The van der Waals surface area contributed by atoms with E-state index >= 15 is 0 Å². The van der Waals surface area contributed by atoms with Gasteiger partial charge in [-0.3, -0.25) is 9.59 Å². The Balaban J connectivity index is 2.04. The SMILES string of the molecule is CCOc1ccccc1NC(=O)C(=O)Nc1cccc(Cl)c1. The fourth-order valence-electron chi connectivity index (χ4n) is 1.78. The number of amides is 2. The predicted octanol–water partition coefficient (Wildman–Crippen LogP) is 3.32. The molecule has 6 heteroatoms. The highest BCUT2D eigenvalue weighted by molar-refractivity contribution is 6.44. The lowest BCUT2D eigenvalue weighted by molar-refractivity contribution is -0.133. The zero-order valence-electron chi connectivity index (χ0n) is 11.9. The number of nitrogens with one attached hydrogen (secondary N) is 2. The number of hydrogen-bond acceptors (Lipinski definition) is 3.